The zero-order chi connectivity index (χ0) is 12.3. The minimum Gasteiger partial charge on any atom is -0.271 e. The summed E-state index contributed by atoms with van der Waals surface area (Å²) in [6.45, 7) is 0. The number of halogens is 2. The van der Waals surface area contributed by atoms with Gasteiger partial charge in [-0.1, -0.05) is 33.6 Å². The molecule has 0 spiro atoms. The fraction of sp³-hybridized carbons (Fsp3) is 0.0909. The van der Waals surface area contributed by atoms with Gasteiger partial charge in [-0.15, -0.1) is 0 Å². The molecule has 0 amide bonds. The highest BCUT2D eigenvalue weighted by Crippen LogP contribution is 2.29. The molecule has 17 heavy (non-hydrogen) atoms. The second-order valence-electron chi connectivity index (χ2n) is 3.44. The molecular weight excluding hydrogens is 304 g/mol. The van der Waals surface area contributed by atoms with Crippen molar-refractivity contribution in [2.24, 2.45) is 5.84 Å². The first-order valence-electron chi connectivity index (χ1n) is 4.88. The van der Waals surface area contributed by atoms with E-state index in [4.69, 9.17) is 17.4 Å². The van der Waals surface area contributed by atoms with Gasteiger partial charge in [-0.2, -0.15) is 0 Å². The lowest BCUT2D eigenvalue weighted by Gasteiger charge is -2.17. The molecule has 1 heterocycles. The molecule has 6 heteroatoms. The summed E-state index contributed by atoms with van der Waals surface area (Å²) < 4.78 is 0.886. The standard InChI is InChI=1S/C11H10BrClN4/c12-10-3-8(13)1-2-9(10)11(17-14)7-4-15-6-16-5-7/h1-6,11,17H,14H2. The summed E-state index contributed by atoms with van der Waals surface area (Å²) in [5, 5.41) is 0.667. The summed E-state index contributed by atoms with van der Waals surface area (Å²) in [7, 11) is 0. The van der Waals surface area contributed by atoms with Gasteiger partial charge in [-0.3, -0.25) is 5.84 Å². The molecule has 88 valence electrons. The molecule has 4 nitrogen and oxygen atoms in total. The largest absolute Gasteiger partial charge is 0.271 e. The van der Waals surface area contributed by atoms with Gasteiger partial charge in [0.25, 0.3) is 0 Å². The van der Waals surface area contributed by atoms with Gasteiger partial charge in [0.15, 0.2) is 0 Å². The van der Waals surface area contributed by atoms with Crippen molar-refractivity contribution in [3.8, 4) is 0 Å². The lowest BCUT2D eigenvalue weighted by molar-refractivity contribution is 0.629. The monoisotopic (exact) mass is 312 g/mol. The maximum Gasteiger partial charge on any atom is 0.115 e. The van der Waals surface area contributed by atoms with Crippen molar-refractivity contribution in [1.82, 2.24) is 15.4 Å². The number of hydrogen-bond acceptors (Lipinski definition) is 4. The van der Waals surface area contributed by atoms with Crippen LogP contribution < -0.4 is 11.3 Å². The minimum atomic E-state index is -0.178. The molecule has 2 rings (SSSR count). The molecule has 0 saturated carbocycles. The number of hydrogen-bond donors (Lipinski definition) is 2. The zero-order valence-corrected chi connectivity index (χ0v) is 11.1. The van der Waals surface area contributed by atoms with Gasteiger partial charge in [0.1, 0.15) is 6.33 Å². The second kappa shape index (κ2) is 5.55. The minimum absolute atomic E-state index is 0.178. The maximum atomic E-state index is 5.90. The number of nitrogens with zero attached hydrogens (tertiary/aromatic N) is 2. The van der Waals surface area contributed by atoms with Gasteiger partial charge in [-0.25, -0.2) is 15.4 Å². The van der Waals surface area contributed by atoms with E-state index in [-0.39, 0.29) is 6.04 Å². The van der Waals surface area contributed by atoms with Crippen molar-refractivity contribution in [3.05, 3.63) is 57.5 Å². The van der Waals surface area contributed by atoms with Crippen molar-refractivity contribution >= 4 is 27.5 Å². The van der Waals surface area contributed by atoms with Gasteiger partial charge in [-0.05, 0) is 17.7 Å². The molecule has 1 atom stereocenters. The van der Waals surface area contributed by atoms with Crippen LogP contribution >= 0.6 is 27.5 Å². The summed E-state index contributed by atoms with van der Waals surface area (Å²) >= 11 is 9.37. The Morgan fingerprint density at radius 2 is 2.00 bits per heavy atom. The van der Waals surface area contributed by atoms with E-state index in [1.54, 1.807) is 12.4 Å². The fourth-order valence-corrected chi connectivity index (χ4v) is 2.47. The summed E-state index contributed by atoms with van der Waals surface area (Å²) in [5.74, 6) is 5.58. The summed E-state index contributed by atoms with van der Waals surface area (Å²) in [5.41, 5.74) is 4.61. The lowest BCUT2D eigenvalue weighted by atomic mass is 10.0. The van der Waals surface area contributed by atoms with Crippen LogP contribution in [0.2, 0.25) is 5.02 Å². The third-order valence-electron chi connectivity index (χ3n) is 2.35. The van der Waals surface area contributed by atoms with Crippen molar-refractivity contribution < 1.29 is 0 Å². The van der Waals surface area contributed by atoms with E-state index < -0.39 is 0 Å². The van der Waals surface area contributed by atoms with Crippen LogP contribution in [0.4, 0.5) is 0 Å². The molecule has 0 radical (unpaired) electrons. The highest BCUT2D eigenvalue weighted by molar-refractivity contribution is 9.10. The first kappa shape index (κ1) is 12.4. The Hall–Kier alpha value is -1.01. The highest BCUT2D eigenvalue weighted by atomic mass is 79.9. The third-order valence-corrected chi connectivity index (χ3v) is 3.28. The van der Waals surface area contributed by atoms with Crippen molar-refractivity contribution in [2.75, 3.05) is 0 Å². The predicted molar refractivity (Wildman–Crippen MR) is 70.4 cm³/mol. The Morgan fingerprint density at radius 3 is 2.59 bits per heavy atom. The number of aromatic nitrogens is 2. The van der Waals surface area contributed by atoms with Crippen LogP contribution in [0, 0.1) is 0 Å². The Morgan fingerprint density at radius 1 is 1.29 bits per heavy atom. The number of nitrogens with one attached hydrogen (secondary N) is 1. The van der Waals surface area contributed by atoms with Crippen molar-refractivity contribution in [3.63, 3.8) is 0 Å². The highest BCUT2D eigenvalue weighted by Gasteiger charge is 2.15. The molecule has 1 aromatic carbocycles. The Balaban J connectivity index is 2.42. The van der Waals surface area contributed by atoms with Crippen LogP contribution in [-0.2, 0) is 0 Å². The third kappa shape index (κ3) is 2.81. The van der Waals surface area contributed by atoms with E-state index in [0.29, 0.717) is 5.02 Å². The molecule has 0 saturated heterocycles. The number of hydrazine groups is 1. The molecule has 0 fully saturated rings. The van der Waals surface area contributed by atoms with E-state index >= 15 is 0 Å². The molecule has 0 aliphatic rings. The van der Waals surface area contributed by atoms with Crippen LogP contribution in [-0.4, -0.2) is 9.97 Å². The van der Waals surface area contributed by atoms with E-state index in [9.17, 15) is 0 Å². The molecule has 3 N–H and O–H groups in total. The van der Waals surface area contributed by atoms with Crippen LogP contribution in [0.25, 0.3) is 0 Å². The topological polar surface area (TPSA) is 63.8 Å². The van der Waals surface area contributed by atoms with Crippen LogP contribution in [0.15, 0.2) is 41.4 Å². The van der Waals surface area contributed by atoms with Gasteiger partial charge in [0.05, 0.1) is 6.04 Å². The smallest absolute Gasteiger partial charge is 0.115 e. The fourth-order valence-electron chi connectivity index (χ4n) is 1.56. The second-order valence-corrected chi connectivity index (χ2v) is 4.73. The number of benzene rings is 1. The SMILES string of the molecule is NNC(c1cncnc1)c1ccc(Cl)cc1Br. The first-order valence-corrected chi connectivity index (χ1v) is 6.05. The molecule has 2 aromatic rings. The molecule has 0 aliphatic carbocycles. The van der Waals surface area contributed by atoms with E-state index in [1.807, 2.05) is 18.2 Å². The van der Waals surface area contributed by atoms with Gasteiger partial charge in [0, 0.05) is 27.5 Å². The lowest BCUT2D eigenvalue weighted by Crippen LogP contribution is -2.29. The van der Waals surface area contributed by atoms with Gasteiger partial charge < -0.3 is 0 Å². The van der Waals surface area contributed by atoms with E-state index in [2.05, 4.69) is 31.3 Å². The maximum absolute atomic E-state index is 5.90. The Labute approximate surface area is 112 Å². The summed E-state index contributed by atoms with van der Waals surface area (Å²) in [6.07, 6.45) is 4.92. The van der Waals surface area contributed by atoms with Gasteiger partial charge in [0.2, 0.25) is 0 Å². The predicted octanol–water partition coefficient (Wildman–Crippen LogP) is 2.45. The van der Waals surface area contributed by atoms with Crippen molar-refractivity contribution in [2.45, 2.75) is 6.04 Å². The number of rotatable bonds is 3. The van der Waals surface area contributed by atoms with E-state index in [0.717, 1.165) is 15.6 Å². The van der Waals surface area contributed by atoms with Gasteiger partial charge >= 0.3 is 0 Å². The van der Waals surface area contributed by atoms with Crippen molar-refractivity contribution in [1.29, 1.82) is 0 Å². The van der Waals surface area contributed by atoms with E-state index in [1.165, 1.54) is 6.33 Å². The molecule has 1 unspecified atom stereocenters. The summed E-state index contributed by atoms with van der Waals surface area (Å²) in [4.78, 5) is 7.96. The molecular formula is C11H10BrClN4. The quantitative estimate of drug-likeness (QED) is 0.675. The zero-order valence-electron chi connectivity index (χ0n) is 8.77. The molecule has 1 aromatic heterocycles. The molecule has 0 bridgehead atoms. The van der Waals surface area contributed by atoms with Crippen LogP contribution in [0.3, 0.4) is 0 Å². The first-order chi connectivity index (χ1) is 8.22. The Bertz CT molecular complexity index is 506. The Kier molecular flexibility index (Phi) is 4.06. The van der Waals surface area contributed by atoms with Crippen LogP contribution in [0.1, 0.15) is 17.2 Å². The average Bonchev–Trinajstić information content (AvgIpc) is 2.34. The molecule has 0 aliphatic heterocycles. The average molecular weight is 314 g/mol. The van der Waals surface area contributed by atoms with Crippen LogP contribution in [0.5, 0.6) is 0 Å². The normalized spacial score (nSPS) is 12.4. The summed E-state index contributed by atoms with van der Waals surface area (Å²) in [6, 6.07) is 5.37. The number of nitrogens with two attached hydrogens (primary N) is 1.